The van der Waals surface area contributed by atoms with E-state index in [1.165, 1.54) is 0 Å². The van der Waals surface area contributed by atoms with Gasteiger partial charge in [-0.2, -0.15) is 0 Å². The Balaban J connectivity index is 4.50. The number of aliphatic hydroxyl groups is 1. The molecule has 0 fully saturated rings. The molecule has 4 heteroatoms. The fraction of sp³-hybridized carbons (Fsp3) is 1.00. The molecule has 0 aromatic heterocycles. The van der Waals surface area contributed by atoms with Gasteiger partial charge in [-0.25, -0.2) is 0 Å². The predicted octanol–water partition coefficient (Wildman–Crippen LogP) is 2.71. The number of aliphatic hydroxyl groups excluding tert-OH is 1. The zero-order chi connectivity index (χ0) is 13.7. The minimum atomic E-state index is -1.69. The fourth-order valence-corrected chi connectivity index (χ4v) is 2.89. The van der Waals surface area contributed by atoms with Gasteiger partial charge in [-0.05, 0) is 45.1 Å². The fourth-order valence-electron chi connectivity index (χ4n) is 1.51. The first-order valence-corrected chi connectivity index (χ1v) is 9.44. The van der Waals surface area contributed by atoms with Crippen molar-refractivity contribution in [2.24, 2.45) is 0 Å². The molecule has 0 amide bonds. The predicted molar refractivity (Wildman–Crippen MR) is 76.9 cm³/mol. The molecule has 0 aliphatic heterocycles. The van der Waals surface area contributed by atoms with Crippen LogP contribution in [0.5, 0.6) is 0 Å². The summed E-state index contributed by atoms with van der Waals surface area (Å²) in [6, 6.07) is 0. The molecule has 0 saturated carbocycles. The van der Waals surface area contributed by atoms with Crippen LogP contribution in [0.1, 0.15) is 33.6 Å². The lowest BCUT2D eigenvalue weighted by molar-refractivity contribution is 0.125. The molecule has 17 heavy (non-hydrogen) atoms. The third-order valence-corrected chi connectivity index (χ3v) is 8.06. The maximum absolute atomic E-state index is 8.95. The Morgan fingerprint density at radius 1 is 1.24 bits per heavy atom. The average Bonchev–Trinajstić information content (AvgIpc) is 2.10. The van der Waals surface area contributed by atoms with E-state index < -0.39 is 8.32 Å². The first-order valence-electron chi connectivity index (χ1n) is 6.53. The highest BCUT2D eigenvalue weighted by Gasteiger charge is 2.39. The molecule has 1 N–H and O–H groups in total. The van der Waals surface area contributed by atoms with Crippen molar-refractivity contribution < 1.29 is 9.53 Å². The highest BCUT2D eigenvalue weighted by atomic mass is 28.4. The minimum absolute atomic E-state index is 0.247. The molecule has 0 radical (unpaired) electrons. The molecule has 0 heterocycles. The van der Waals surface area contributed by atoms with Crippen LogP contribution in [0.25, 0.3) is 0 Å². The van der Waals surface area contributed by atoms with E-state index in [-0.39, 0.29) is 17.7 Å². The Morgan fingerprint density at radius 3 is 2.12 bits per heavy atom. The van der Waals surface area contributed by atoms with E-state index in [9.17, 15) is 0 Å². The quantitative estimate of drug-likeness (QED) is 0.715. The maximum atomic E-state index is 8.95. The summed E-state index contributed by atoms with van der Waals surface area (Å²) in [6.07, 6.45) is 2.02. The van der Waals surface area contributed by atoms with Crippen molar-refractivity contribution in [3.8, 4) is 0 Å². The summed E-state index contributed by atoms with van der Waals surface area (Å²) < 4.78 is 6.40. The van der Waals surface area contributed by atoms with E-state index in [1.54, 1.807) is 0 Å². The van der Waals surface area contributed by atoms with Crippen LogP contribution < -0.4 is 0 Å². The van der Waals surface area contributed by atoms with Crippen LogP contribution >= 0.6 is 0 Å². The third-order valence-electron chi connectivity index (χ3n) is 3.52. The summed E-state index contributed by atoms with van der Waals surface area (Å²) in [7, 11) is 2.45. The van der Waals surface area contributed by atoms with Crippen LogP contribution in [0.15, 0.2) is 0 Å². The molecule has 0 saturated heterocycles. The standard InChI is InChI=1S/C13H31NO2Si/c1-13(2,3)17(6,7)16-12(9-8-10-15)11-14(4)5/h12,15H,8-11H2,1-7H3. The lowest BCUT2D eigenvalue weighted by atomic mass is 10.2. The summed E-state index contributed by atoms with van der Waals surface area (Å²) in [6.45, 7) is 12.6. The van der Waals surface area contributed by atoms with Gasteiger partial charge in [0.05, 0.1) is 6.10 Å². The molecule has 0 aromatic rings. The molecule has 3 nitrogen and oxygen atoms in total. The molecule has 0 aromatic carbocycles. The van der Waals surface area contributed by atoms with Gasteiger partial charge in [-0.3, -0.25) is 0 Å². The van der Waals surface area contributed by atoms with Gasteiger partial charge in [0.2, 0.25) is 0 Å². The van der Waals surface area contributed by atoms with Gasteiger partial charge >= 0.3 is 0 Å². The zero-order valence-corrected chi connectivity index (χ0v) is 13.7. The van der Waals surface area contributed by atoms with E-state index in [1.807, 2.05) is 0 Å². The first kappa shape index (κ1) is 17.1. The van der Waals surface area contributed by atoms with Crippen molar-refractivity contribution in [1.29, 1.82) is 0 Å². The summed E-state index contributed by atoms with van der Waals surface area (Å²) in [5, 5.41) is 9.20. The monoisotopic (exact) mass is 261 g/mol. The van der Waals surface area contributed by atoms with Crippen LogP contribution in [-0.4, -0.2) is 51.7 Å². The lowest BCUT2D eigenvalue weighted by Gasteiger charge is -2.40. The molecule has 0 spiro atoms. The van der Waals surface area contributed by atoms with Gasteiger partial charge in [0.1, 0.15) is 0 Å². The van der Waals surface area contributed by atoms with Crippen molar-refractivity contribution in [1.82, 2.24) is 4.90 Å². The van der Waals surface area contributed by atoms with Gasteiger partial charge in [0, 0.05) is 13.2 Å². The Morgan fingerprint density at radius 2 is 1.76 bits per heavy atom. The van der Waals surface area contributed by atoms with Gasteiger partial charge < -0.3 is 14.4 Å². The number of nitrogens with zero attached hydrogens (tertiary/aromatic N) is 1. The molecule has 1 atom stereocenters. The minimum Gasteiger partial charge on any atom is -0.413 e. The lowest BCUT2D eigenvalue weighted by Crippen LogP contribution is -2.46. The van der Waals surface area contributed by atoms with Gasteiger partial charge in [0.25, 0.3) is 0 Å². The summed E-state index contributed by atoms with van der Waals surface area (Å²) in [5.41, 5.74) is 0. The molecule has 0 rings (SSSR count). The van der Waals surface area contributed by atoms with Gasteiger partial charge in [-0.15, -0.1) is 0 Å². The number of hydrogen-bond donors (Lipinski definition) is 1. The molecule has 1 unspecified atom stereocenters. The highest BCUT2D eigenvalue weighted by Crippen LogP contribution is 2.37. The summed E-state index contributed by atoms with van der Waals surface area (Å²) >= 11 is 0. The largest absolute Gasteiger partial charge is 0.413 e. The average molecular weight is 261 g/mol. The zero-order valence-electron chi connectivity index (χ0n) is 12.7. The third kappa shape index (κ3) is 6.55. The summed E-state index contributed by atoms with van der Waals surface area (Å²) in [4.78, 5) is 2.16. The molecule has 104 valence electrons. The van der Waals surface area contributed by atoms with Crippen LogP contribution in [-0.2, 0) is 4.43 Å². The van der Waals surface area contributed by atoms with Crippen LogP contribution in [0, 0.1) is 0 Å². The van der Waals surface area contributed by atoms with Crippen LogP contribution in [0.3, 0.4) is 0 Å². The highest BCUT2D eigenvalue weighted by molar-refractivity contribution is 6.74. The van der Waals surface area contributed by atoms with E-state index in [4.69, 9.17) is 9.53 Å². The van der Waals surface area contributed by atoms with Crippen molar-refractivity contribution in [2.45, 2.75) is 57.8 Å². The molecular formula is C13H31NO2Si. The second-order valence-corrected chi connectivity index (χ2v) is 11.4. The first-order chi connectivity index (χ1) is 7.60. The Bertz CT molecular complexity index is 212. The van der Waals surface area contributed by atoms with Crippen molar-refractivity contribution >= 4 is 8.32 Å². The van der Waals surface area contributed by atoms with E-state index in [0.717, 1.165) is 19.4 Å². The Hall–Kier alpha value is 0.0969. The van der Waals surface area contributed by atoms with Crippen molar-refractivity contribution in [2.75, 3.05) is 27.2 Å². The molecule has 0 bridgehead atoms. The maximum Gasteiger partial charge on any atom is 0.192 e. The van der Waals surface area contributed by atoms with Crippen LogP contribution in [0.2, 0.25) is 18.1 Å². The molecule has 0 aliphatic rings. The molecular weight excluding hydrogens is 230 g/mol. The second-order valence-electron chi connectivity index (χ2n) is 6.63. The SMILES string of the molecule is CN(C)CC(CCCO)O[Si](C)(C)C(C)(C)C. The smallest absolute Gasteiger partial charge is 0.192 e. The van der Waals surface area contributed by atoms with E-state index >= 15 is 0 Å². The van der Waals surface area contributed by atoms with E-state index in [0.29, 0.717) is 0 Å². The topological polar surface area (TPSA) is 32.7 Å². The number of likely N-dealkylation sites (N-methyl/N-ethyl adjacent to an activating group) is 1. The normalized spacial score (nSPS) is 15.4. The van der Waals surface area contributed by atoms with Crippen LogP contribution in [0.4, 0.5) is 0 Å². The number of rotatable bonds is 7. The molecule has 0 aliphatic carbocycles. The number of hydrogen-bond acceptors (Lipinski definition) is 3. The van der Waals surface area contributed by atoms with Crippen molar-refractivity contribution in [3.05, 3.63) is 0 Å². The Labute approximate surface area is 108 Å². The van der Waals surface area contributed by atoms with Gasteiger partial charge in [-0.1, -0.05) is 20.8 Å². The van der Waals surface area contributed by atoms with Crippen molar-refractivity contribution in [3.63, 3.8) is 0 Å². The van der Waals surface area contributed by atoms with Gasteiger partial charge in [0.15, 0.2) is 8.32 Å². The summed E-state index contributed by atoms with van der Waals surface area (Å²) in [5.74, 6) is 0. The second kappa shape index (κ2) is 6.88. The Kier molecular flexibility index (Phi) is 6.92. The van der Waals surface area contributed by atoms with E-state index in [2.05, 4.69) is 52.9 Å².